The fourth-order valence-corrected chi connectivity index (χ4v) is 4.75. The topological polar surface area (TPSA) is 58.6 Å². The zero-order valence-electron chi connectivity index (χ0n) is 16.7. The average Bonchev–Trinajstić information content (AvgIpc) is 3.15. The Bertz CT molecular complexity index is 965. The molecule has 1 heterocycles. The Hall–Kier alpha value is -2.96. The van der Waals surface area contributed by atoms with Gasteiger partial charge in [-0.1, -0.05) is 25.0 Å². The molecule has 0 radical (unpaired) electrons. The minimum absolute atomic E-state index is 0.0371. The van der Waals surface area contributed by atoms with E-state index in [1.54, 1.807) is 29.2 Å². The number of methoxy groups -OCH3 is 1. The summed E-state index contributed by atoms with van der Waals surface area (Å²) >= 11 is 0. The van der Waals surface area contributed by atoms with Gasteiger partial charge < -0.3 is 15.0 Å². The maximum atomic E-state index is 14.1. The quantitative estimate of drug-likeness (QED) is 0.808. The van der Waals surface area contributed by atoms with Crippen LogP contribution in [0.5, 0.6) is 5.75 Å². The number of benzene rings is 2. The normalized spacial score (nSPS) is 23.0. The number of halogens is 2. The molecule has 1 aliphatic carbocycles. The van der Waals surface area contributed by atoms with Gasteiger partial charge in [0.25, 0.3) is 5.91 Å². The molecule has 0 spiro atoms. The molecule has 0 aromatic heterocycles. The fraction of sp³-hybridized carbons (Fsp3) is 0.391. The van der Waals surface area contributed by atoms with E-state index in [0.717, 1.165) is 37.8 Å². The van der Waals surface area contributed by atoms with Crippen LogP contribution in [0.1, 0.15) is 42.5 Å². The van der Waals surface area contributed by atoms with Crippen LogP contribution in [-0.2, 0) is 4.79 Å². The summed E-state index contributed by atoms with van der Waals surface area (Å²) < 4.78 is 32.6. The molecule has 7 heteroatoms. The minimum atomic E-state index is -0.846. The van der Waals surface area contributed by atoms with Gasteiger partial charge in [0, 0.05) is 12.1 Å². The summed E-state index contributed by atoms with van der Waals surface area (Å²) in [5, 5.41) is 2.55. The molecule has 1 saturated heterocycles. The highest BCUT2D eigenvalue weighted by molar-refractivity contribution is 6.03. The average molecular weight is 414 g/mol. The second-order valence-electron chi connectivity index (χ2n) is 7.89. The largest absolute Gasteiger partial charge is 0.496 e. The highest BCUT2D eigenvalue weighted by atomic mass is 19.1. The number of nitrogens with one attached hydrogen (secondary N) is 1. The van der Waals surface area contributed by atoms with Crippen LogP contribution in [0.2, 0.25) is 0 Å². The zero-order chi connectivity index (χ0) is 21.3. The number of hydrogen-bond donors (Lipinski definition) is 1. The second kappa shape index (κ2) is 8.42. The van der Waals surface area contributed by atoms with Gasteiger partial charge in [-0.2, -0.15) is 0 Å². The van der Waals surface area contributed by atoms with Crippen molar-refractivity contribution in [3.05, 3.63) is 59.7 Å². The zero-order valence-corrected chi connectivity index (χ0v) is 16.7. The summed E-state index contributed by atoms with van der Waals surface area (Å²) in [4.78, 5) is 28.3. The standard InChI is InChI=1S/C23H24F2N2O3/c1-30-21-9-5-3-7-16(21)23(29)27-19-8-4-2-6-14(19)12-20(27)22(28)26-18-11-10-15(24)13-17(18)25/h3,5,7,9-11,13-14,19-20H,2,4,6,8,12H2,1H3,(H,26,28)/t14-,19+,20-/m0/s1. The van der Waals surface area contributed by atoms with Crippen molar-refractivity contribution in [1.82, 2.24) is 4.90 Å². The van der Waals surface area contributed by atoms with E-state index in [1.807, 2.05) is 0 Å². The Labute approximate surface area is 174 Å². The van der Waals surface area contributed by atoms with Crippen LogP contribution in [0.25, 0.3) is 0 Å². The molecule has 2 amide bonds. The molecule has 2 fully saturated rings. The molecule has 0 bridgehead atoms. The number of para-hydroxylation sites is 1. The van der Waals surface area contributed by atoms with E-state index in [1.165, 1.54) is 13.2 Å². The van der Waals surface area contributed by atoms with Crippen molar-refractivity contribution < 1.29 is 23.1 Å². The monoisotopic (exact) mass is 414 g/mol. The molecule has 2 aliphatic rings. The lowest BCUT2D eigenvalue weighted by atomic mass is 9.84. The van der Waals surface area contributed by atoms with Crippen molar-refractivity contribution in [1.29, 1.82) is 0 Å². The Morgan fingerprint density at radius 1 is 1.10 bits per heavy atom. The summed E-state index contributed by atoms with van der Waals surface area (Å²) in [5.74, 6) is -1.61. The third-order valence-corrected chi connectivity index (χ3v) is 6.15. The van der Waals surface area contributed by atoms with E-state index in [2.05, 4.69) is 5.32 Å². The van der Waals surface area contributed by atoms with E-state index >= 15 is 0 Å². The number of nitrogens with zero attached hydrogens (tertiary/aromatic N) is 1. The van der Waals surface area contributed by atoms with Crippen molar-refractivity contribution >= 4 is 17.5 Å². The van der Waals surface area contributed by atoms with Crippen molar-refractivity contribution in [2.45, 2.75) is 44.2 Å². The van der Waals surface area contributed by atoms with E-state index in [-0.39, 0.29) is 23.6 Å². The first kappa shape index (κ1) is 20.3. The first-order valence-corrected chi connectivity index (χ1v) is 10.2. The molecule has 0 unspecified atom stereocenters. The van der Waals surface area contributed by atoms with Gasteiger partial charge in [-0.3, -0.25) is 9.59 Å². The van der Waals surface area contributed by atoms with Gasteiger partial charge in [-0.15, -0.1) is 0 Å². The molecule has 3 atom stereocenters. The van der Waals surface area contributed by atoms with Crippen LogP contribution < -0.4 is 10.1 Å². The number of likely N-dealkylation sites (tertiary alicyclic amines) is 1. The smallest absolute Gasteiger partial charge is 0.258 e. The summed E-state index contributed by atoms with van der Waals surface area (Å²) in [7, 11) is 1.50. The minimum Gasteiger partial charge on any atom is -0.496 e. The van der Waals surface area contributed by atoms with E-state index in [0.29, 0.717) is 17.7 Å². The molecule has 1 N–H and O–H groups in total. The van der Waals surface area contributed by atoms with Crippen molar-refractivity contribution in [3.8, 4) is 5.75 Å². The molecule has 1 aliphatic heterocycles. The third kappa shape index (κ3) is 3.76. The first-order chi connectivity index (χ1) is 14.5. The number of carbonyl (C=O) groups is 2. The predicted octanol–water partition coefficient (Wildman–Crippen LogP) is 4.39. The number of hydrogen-bond acceptors (Lipinski definition) is 3. The maximum absolute atomic E-state index is 14.1. The van der Waals surface area contributed by atoms with Crippen LogP contribution in [0.4, 0.5) is 14.5 Å². The van der Waals surface area contributed by atoms with Crippen LogP contribution in [0.15, 0.2) is 42.5 Å². The van der Waals surface area contributed by atoms with E-state index in [4.69, 9.17) is 4.74 Å². The number of ether oxygens (including phenoxy) is 1. The Balaban J connectivity index is 1.64. The molecule has 5 nitrogen and oxygen atoms in total. The number of rotatable bonds is 4. The van der Waals surface area contributed by atoms with Gasteiger partial charge in [0.2, 0.25) is 5.91 Å². The van der Waals surface area contributed by atoms with E-state index < -0.39 is 23.6 Å². The van der Waals surface area contributed by atoms with Gasteiger partial charge in [-0.25, -0.2) is 8.78 Å². The molecule has 30 heavy (non-hydrogen) atoms. The summed E-state index contributed by atoms with van der Waals surface area (Å²) in [6.45, 7) is 0. The first-order valence-electron chi connectivity index (χ1n) is 10.2. The summed E-state index contributed by atoms with van der Waals surface area (Å²) in [6, 6.07) is 9.18. The SMILES string of the molecule is COc1ccccc1C(=O)N1[C@@H]2CCCC[C@H]2C[C@H]1C(=O)Nc1ccc(F)cc1F. The molecule has 4 rings (SSSR count). The summed E-state index contributed by atoms with van der Waals surface area (Å²) in [6.07, 6.45) is 4.38. The van der Waals surface area contributed by atoms with Gasteiger partial charge in [0.15, 0.2) is 0 Å². The number of carbonyl (C=O) groups excluding carboxylic acids is 2. The lowest BCUT2D eigenvalue weighted by Crippen LogP contribution is -2.48. The van der Waals surface area contributed by atoms with Gasteiger partial charge in [0.1, 0.15) is 23.4 Å². The van der Waals surface area contributed by atoms with Gasteiger partial charge in [0.05, 0.1) is 18.4 Å². The highest BCUT2D eigenvalue weighted by Gasteiger charge is 2.48. The van der Waals surface area contributed by atoms with Crippen molar-refractivity contribution in [2.24, 2.45) is 5.92 Å². The molecular formula is C23H24F2N2O3. The third-order valence-electron chi connectivity index (χ3n) is 6.15. The molecule has 1 saturated carbocycles. The Morgan fingerprint density at radius 2 is 1.87 bits per heavy atom. The van der Waals surface area contributed by atoms with Gasteiger partial charge in [-0.05, 0) is 49.4 Å². The van der Waals surface area contributed by atoms with Gasteiger partial charge >= 0.3 is 0 Å². The Morgan fingerprint density at radius 3 is 2.63 bits per heavy atom. The fourth-order valence-electron chi connectivity index (χ4n) is 4.75. The number of amides is 2. The van der Waals surface area contributed by atoms with E-state index in [9.17, 15) is 18.4 Å². The highest BCUT2D eigenvalue weighted by Crippen LogP contribution is 2.41. The number of anilines is 1. The number of fused-ring (bicyclic) bond motifs is 1. The van der Waals surface area contributed by atoms with Crippen molar-refractivity contribution in [3.63, 3.8) is 0 Å². The Kier molecular flexibility index (Phi) is 5.70. The molecule has 158 valence electrons. The lowest BCUT2D eigenvalue weighted by molar-refractivity contribution is -0.120. The summed E-state index contributed by atoms with van der Waals surface area (Å²) in [5.41, 5.74) is 0.304. The predicted molar refractivity (Wildman–Crippen MR) is 108 cm³/mol. The van der Waals surface area contributed by atoms with Crippen LogP contribution in [0, 0.1) is 17.6 Å². The van der Waals surface area contributed by atoms with Crippen LogP contribution in [0.3, 0.4) is 0 Å². The van der Waals surface area contributed by atoms with Crippen LogP contribution >= 0.6 is 0 Å². The lowest BCUT2D eigenvalue weighted by Gasteiger charge is -2.34. The van der Waals surface area contributed by atoms with Crippen LogP contribution in [-0.4, -0.2) is 35.9 Å². The maximum Gasteiger partial charge on any atom is 0.258 e. The molecular weight excluding hydrogens is 390 g/mol. The second-order valence-corrected chi connectivity index (χ2v) is 7.89. The van der Waals surface area contributed by atoms with Crippen molar-refractivity contribution in [2.75, 3.05) is 12.4 Å². The molecule has 2 aromatic rings. The molecule has 2 aromatic carbocycles.